The summed E-state index contributed by atoms with van der Waals surface area (Å²) in [7, 11) is 0. The van der Waals surface area contributed by atoms with Gasteiger partial charge in [0.05, 0.1) is 35.1 Å². The maximum atomic E-state index is 13.3. The molecule has 10 atom stereocenters. The molecule has 7 N–H and O–H groups in total. The van der Waals surface area contributed by atoms with Gasteiger partial charge in [0.15, 0.2) is 5.78 Å². The van der Waals surface area contributed by atoms with E-state index in [0.29, 0.717) is 37.7 Å². The highest BCUT2D eigenvalue weighted by molar-refractivity contribution is 6.00. The van der Waals surface area contributed by atoms with Gasteiger partial charge in [-0.2, -0.15) is 0 Å². The summed E-state index contributed by atoms with van der Waals surface area (Å²) >= 11 is 0. The van der Waals surface area contributed by atoms with Crippen molar-refractivity contribution < 1.29 is 40.5 Å². The molecule has 0 amide bonds. The van der Waals surface area contributed by atoms with Crippen molar-refractivity contribution >= 4 is 5.78 Å². The summed E-state index contributed by atoms with van der Waals surface area (Å²) in [5.74, 6) is -1.38. The van der Waals surface area contributed by atoms with Crippen LogP contribution in [0, 0.1) is 22.7 Å². The molecule has 3 saturated carbocycles. The molecular formula is C27H44O8. The minimum absolute atomic E-state index is 0.0437. The molecule has 0 radical (unpaired) electrons. The third-order valence-electron chi connectivity index (χ3n) is 10.7. The minimum Gasteiger partial charge on any atom is -0.390 e. The maximum absolute atomic E-state index is 13.3. The minimum atomic E-state index is -1.82. The molecule has 35 heavy (non-hydrogen) atoms. The Hall–Kier alpha value is -0.870. The molecule has 4 rings (SSSR count). The standard InChI is InChI=1S/C27H44O8/c1-22(2,32)9-8-20(30)25(5,33)19-7-11-26(34)16-12-21(31)27(35)14-18(29)17(28)13-24(27,4)15(16)6-10-23(19,26)3/h12,15,17-20,28-30,32-35H,6-11,13-14H2,1-5H3/t15-,17-,18+,19-,20+,23+,24+,25+,26?,27-/m0/s1. The average molecular weight is 497 g/mol. The van der Waals surface area contributed by atoms with Gasteiger partial charge in [0.1, 0.15) is 5.60 Å². The molecule has 0 heterocycles. The fraction of sp³-hybridized carbons (Fsp3) is 0.889. The van der Waals surface area contributed by atoms with Gasteiger partial charge in [0.25, 0.3) is 0 Å². The van der Waals surface area contributed by atoms with Crippen LogP contribution in [-0.4, -0.2) is 82.2 Å². The van der Waals surface area contributed by atoms with Crippen LogP contribution in [0.15, 0.2) is 11.6 Å². The van der Waals surface area contributed by atoms with Crippen molar-refractivity contribution in [3.63, 3.8) is 0 Å². The number of aliphatic hydroxyl groups excluding tert-OH is 3. The highest BCUT2D eigenvalue weighted by Crippen LogP contribution is 2.69. The molecule has 4 aliphatic carbocycles. The summed E-state index contributed by atoms with van der Waals surface area (Å²) in [4.78, 5) is 13.3. The second-order valence-electron chi connectivity index (χ2n) is 13.3. The summed E-state index contributed by atoms with van der Waals surface area (Å²) < 4.78 is 0. The summed E-state index contributed by atoms with van der Waals surface area (Å²) in [6.45, 7) is 8.58. The molecule has 3 fully saturated rings. The van der Waals surface area contributed by atoms with Gasteiger partial charge in [-0.25, -0.2) is 0 Å². The molecule has 0 aromatic carbocycles. The number of aliphatic hydroxyl groups is 7. The molecule has 4 aliphatic rings. The van der Waals surface area contributed by atoms with Crippen molar-refractivity contribution in [1.82, 2.24) is 0 Å². The Balaban J connectivity index is 1.70. The number of hydrogen-bond acceptors (Lipinski definition) is 8. The number of carbonyl (C=O) groups excluding carboxylic acids is 1. The first-order valence-corrected chi connectivity index (χ1v) is 13.0. The molecule has 0 aromatic heterocycles. The SMILES string of the molecule is CC(C)(O)CC[C@@H](O)[C@](C)(O)[C@H]1CCC2(O)C3=CC(=O)[C@@]4(O)C[C@@H](O)[C@@H](O)C[C@]4(C)[C@H]3CC[C@]12C. The predicted octanol–water partition coefficient (Wildman–Crippen LogP) is 0.969. The summed E-state index contributed by atoms with van der Waals surface area (Å²) in [5.41, 5.74) is -7.07. The molecule has 0 saturated heterocycles. The average Bonchev–Trinajstić information content (AvgIpc) is 3.01. The zero-order chi connectivity index (χ0) is 26.4. The van der Waals surface area contributed by atoms with Gasteiger partial charge < -0.3 is 35.7 Å². The third kappa shape index (κ3) is 3.70. The molecule has 0 aromatic rings. The zero-order valence-corrected chi connectivity index (χ0v) is 21.7. The molecule has 200 valence electrons. The highest BCUT2D eigenvalue weighted by Gasteiger charge is 2.71. The van der Waals surface area contributed by atoms with Gasteiger partial charge >= 0.3 is 0 Å². The van der Waals surface area contributed by atoms with Crippen LogP contribution in [0.1, 0.15) is 86.0 Å². The van der Waals surface area contributed by atoms with Crippen molar-refractivity contribution in [2.24, 2.45) is 22.7 Å². The first-order valence-electron chi connectivity index (χ1n) is 13.0. The topological polar surface area (TPSA) is 159 Å². The van der Waals surface area contributed by atoms with Crippen LogP contribution in [0.25, 0.3) is 0 Å². The van der Waals surface area contributed by atoms with E-state index in [2.05, 4.69) is 0 Å². The third-order valence-corrected chi connectivity index (χ3v) is 10.7. The lowest BCUT2D eigenvalue weighted by molar-refractivity contribution is -0.211. The van der Waals surface area contributed by atoms with E-state index in [1.54, 1.807) is 27.7 Å². The van der Waals surface area contributed by atoms with Crippen molar-refractivity contribution in [2.75, 3.05) is 0 Å². The van der Waals surface area contributed by atoms with E-state index >= 15 is 0 Å². The van der Waals surface area contributed by atoms with Gasteiger partial charge in [0, 0.05) is 17.3 Å². The summed E-state index contributed by atoms with van der Waals surface area (Å²) in [5, 5.41) is 77.0. The Morgan fingerprint density at radius 2 is 1.57 bits per heavy atom. The van der Waals surface area contributed by atoms with E-state index in [-0.39, 0.29) is 25.2 Å². The Morgan fingerprint density at radius 3 is 2.17 bits per heavy atom. The molecule has 0 spiro atoms. The number of rotatable bonds is 5. The fourth-order valence-corrected chi connectivity index (χ4v) is 8.31. The number of hydrogen-bond donors (Lipinski definition) is 7. The van der Waals surface area contributed by atoms with E-state index in [9.17, 15) is 40.5 Å². The Bertz CT molecular complexity index is 907. The Kier molecular flexibility index (Phi) is 6.26. The first-order chi connectivity index (χ1) is 15.8. The zero-order valence-electron chi connectivity index (χ0n) is 21.7. The number of fused-ring (bicyclic) bond motifs is 5. The monoisotopic (exact) mass is 496 g/mol. The second-order valence-corrected chi connectivity index (χ2v) is 13.3. The molecule has 0 aliphatic heterocycles. The van der Waals surface area contributed by atoms with Crippen molar-refractivity contribution in [3.8, 4) is 0 Å². The van der Waals surface area contributed by atoms with Crippen LogP contribution < -0.4 is 0 Å². The van der Waals surface area contributed by atoms with Crippen molar-refractivity contribution in [1.29, 1.82) is 0 Å². The second kappa shape index (κ2) is 8.06. The predicted molar refractivity (Wildman–Crippen MR) is 128 cm³/mol. The van der Waals surface area contributed by atoms with Gasteiger partial charge in [-0.05, 0) is 89.2 Å². The smallest absolute Gasteiger partial charge is 0.187 e. The maximum Gasteiger partial charge on any atom is 0.187 e. The van der Waals surface area contributed by atoms with Crippen molar-refractivity contribution in [2.45, 2.75) is 127 Å². The lowest BCUT2D eigenvalue weighted by Gasteiger charge is -2.62. The van der Waals surface area contributed by atoms with Crippen LogP contribution in [0.3, 0.4) is 0 Å². The lowest BCUT2D eigenvalue weighted by atomic mass is 9.44. The van der Waals surface area contributed by atoms with Gasteiger partial charge in [-0.3, -0.25) is 4.79 Å². The summed E-state index contributed by atoms with van der Waals surface area (Å²) in [6.07, 6.45) is 0.0884. The Morgan fingerprint density at radius 1 is 0.971 bits per heavy atom. The van der Waals surface area contributed by atoms with Gasteiger partial charge in [-0.15, -0.1) is 0 Å². The Labute approximate surface area is 207 Å². The summed E-state index contributed by atoms with van der Waals surface area (Å²) in [6, 6.07) is 0. The molecule has 1 unspecified atom stereocenters. The van der Waals surface area contributed by atoms with Crippen molar-refractivity contribution in [3.05, 3.63) is 11.6 Å². The number of carbonyl (C=O) groups is 1. The molecule has 8 heteroatoms. The number of ketones is 1. The van der Waals surface area contributed by atoms with E-state index in [1.807, 2.05) is 6.92 Å². The molecule has 0 bridgehead atoms. The normalized spacial score (nSPS) is 48.3. The first kappa shape index (κ1) is 27.2. The van der Waals surface area contributed by atoms with Gasteiger partial charge in [-0.1, -0.05) is 13.8 Å². The molecule has 8 nitrogen and oxygen atoms in total. The fourth-order valence-electron chi connectivity index (χ4n) is 8.31. The lowest BCUT2D eigenvalue weighted by Crippen LogP contribution is -2.69. The van der Waals surface area contributed by atoms with Crippen LogP contribution >= 0.6 is 0 Å². The van der Waals surface area contributed by atoms with E-state index in [1.165, 1.54) is 6.08 Å². The van der Waals surface area contributed by atoms with E-state index in [0.717, 1.165) is 0 Å². The van der Waals surface area contributed by atoms with Gasteiger partial charge in [0.2, 0.25) is 0 Å². The van der Waals surface area contributed by atoms with E-state index < -0.39 is 63.2 Å². The van der Waals surface area contributed by atoms with Crippen LogP contribution in [0.4, 0.5) is 0 Å². The largest absolute Gasteiger partial charge is 0.390 e. The van der Waals surface area contributed by atoms with Crippen LogP contribution in [0.2, 0.25) is 0 Å². The van der Waals surface area contributed by atoms with E-state index in [4.69, 9.17) is 0 Å². The van der Waals surface area contributed by atoms with Crippen LogP contribution in [-0.2, 0) is 4.79 Å². The van der Waals surface area contributed by atoms with Crippen LogP contribution in [0.5, 0.6) is 0 Å². The highest BCUT2D eigenvalue weighted by atomic mass is 16.3. The molecular weight excluding hydrogens is 452 g/mol. The quantitative estimate of drug-likeness (QED) is 0.297.